The van der Waals surface area contributed by atoms with E-state index in [-0.39, 0.29) is 17.9 Å². The maximum absolute atomic E-state index is 12.1. The normalized spacial score (nSPS) is 22.6. The van der Waals surface area contributed by atoms with Crippen molar-refractivity contribution in [3.8, 4) is 5.75 Å². The summed E-state index contributed by atoms with van der Waals surface area (Å²) >= 11 is 5.98. The van der Waals surface area contributed by atoms with Gasteiger partial charge in [0.25, 0.3) is 5.91 Å². The van der Waals surface area contributed by atoms with E-state index < -0.39 is 12.1 Å². The molecule has 1 aromatic rings. The van der Waals surface area contributed by atoms with Gasteiger partial charge in [-0.05, 0) is 38.3 Å². The van der Waals surface area contributed by atoms with Gasteiger partial charge in [-0.3, -0.25) is 9.59 Å². The number of amides is 1. The lowest BCUT2D eigenvalue weighted by molar-refractivity contribution is -0.141. The highest BCUT2D eigenvalue weighted by Crippen LogP contribution is 2.26. The number of carbonyl (C=O) groups excluding carboxylic acids is 1. The Morgan fingerprint density at radius 2 is 2.10 bits per heavy atom. The quantitative estimate of drug-likeness (QED) is 0.876. The van der Waals surface area contributed by atoms with E-state index in [0.717, 1.165) is 0 Å². The number of carboxylic acids is 1. The van der Waals surface area contributed by atoms with Gasteiger partial charge in [0.05, 0.1) is 10.9 Å². The molecule has 0 aromatic heterocycles. The number of rotatable bonds is 5. The molecule has 3 unspecified atom stereocenters. The molecule has 21 heavy (non-hydrogen) atoms. The lowest BCUT2D eigenvalue weighted by Crippen LogP contribution is -2.41. The summed E-state index contributed by atoms with van der Waals surface area (Å²) in [7, 11) is 0. The third-order valence-electron chi connectivity index (χ3n) is 3.64. The molecule has 1 aliphatic carbocycles. The Bertz CT molecular complexity index is 534. The van der Waals surface area contributed by atoms with E-state index in [4.69, 9.17) is 21.4 Å². The molecule has 0 heterocycles. The van der Waals surface area contributed by atoms with Crippen LogP contribution in [0, 0.1) is 5.92 Å². The Hall–Kier alpha value is -1.75. The Morgan fingerprint density at radius 1 is 1.38 bits per heavy atom. The average molecular weight is 312 g/mol. The van der Waals surface area contributed by atoms with Crippen molar-refractivity contribution in [2.75, 3.05) is 0 Å². The number of hydrogen-bond donors (Lipinski definition) is 2. The van der Waals surface area contributed by atoms with Crippen LogP contribution in [0.15, 0.2) is 24.3 Å². The van der Waals surface area contributed by atoms with Gasteiger partial charge in [0.2, 0.25) is 0 Å². The van der Waals surface area contributed by atoms with E-state index in [1.165, 1.54) is 0 Å². The van der Waals surface area contributed by atoms with Crippen molar-refractivity contribution in [1.29, 1.82) is 0 Å². The van der Waals surface area contributed by atoms with E-state index >= 15 is 0 Å². The first-order valence-electron chi connectivity index (χ1n) is 6.91. The van der Waals surface area contributed by atoms with Crippen molar-refractivity contribution >= 4 is 23.5 Å². The molecule has 2 rings (SSSR count). The van der Waals surface area contributed by atoms with Crippen LogP contribution in [0.1, 0.15) is 26.2 Å². The highest BCUT2D eigenvalue weighted by molar-refractivity contribution is 6.32. The van der Waals surface area contributed by atoms with E-state index in [1.807, 2.05) is 0 Å². The Balaban J connectivity index is 1.86. The lowest BCUT2D eigenvalue weighted by Gasteiger charge is -2.18. The first-order chi connectivity index (χ1) is 9.97. The predicted octanol–water partition coefficient (Wildman–Crippen LogP) is 2.48. The molecule has 6 heteroatoms. The Morgan fingerprint density at radius 3 is 2.71 bits per heavy atom. The summed E-state index contributed by atoms with van der Waals surface area (Å²) in [6, 6.07) is 6.85. The highest BCUT2D eigenvalue weighted by atomic mass is 35.5. The van der Waals surface area contributed by atoms with Gasteiger partial charge >= 0.3 is 5.97 Å². The minimum atomic E-state index is -0.799. The van der Waals surface area contributed by atoms with Crippen molar-refractivity contribution in [3.63, 3.8) is 0 Å². The van der Waals surface area contributed by atoms with Crippen molar-refractivity contribution in [3.05, 3.63) is 29.3 Å². The monoisotopic (exact) mass is 311 g/mol. The van der Waals surface area contributed by atoms with E-state index in [1.54, 1.807) is 31.2 Å². The number of carboxylic acid groups (broad SMARTS) is 1. The lowest BCUT2D eigenvalue weighted by atomic mass is 10.1. The fourth-order valence-electron chi connectivity index (χ4n) is 2.44. The van der Waals surface area contributed by atoms with Gasteiger partial charge in [-0.25, -0.2) is 0 Å². The van der Waals surface area contributed by atoms with Gasteiger partial charge in [-0.15, -0.1) is 0 Å². The standard InChI is InChI=1S/C15H18ClNO4/c1-9(21-13-5-3-2-4-12(13)16)14(18)17-11-7-6-10(8-11)15(19)20/h2-5,9-11H,6-8H2,1H3,(H,17,18)(H,19,20). The van der Waals surface area contributed by atoms with Gasteiger partial charge in [-0.2, -0.15) is 0 Å². The van der Waals surface area contributed by atoms with Crippen LogP contribution < -0.4 is 10.1 Å². The van der Waals surface area contributed by atoms with Gasteiger partial charge in [0.1, 0.15) is 5.75 Å². The van der Waals surface area contributed by atoms with Crippen LogP contribution in [0.4, 0.5) is 0 Å². The Labute approximate surface area is 128 Å². The molecule has 1 saturated carbocycles. The molecule has 1 amide bonds. The van der Waals surface area contributed by atoms with Crippen molar-refractivity contribution in [1.82, 2.24) is 5.32 Å². The predicted molar refractivity (Wildman–Crippen MR) is 78.4 cm³/mol. The van der Waals surface area contributed by atoms with Crippen LogP contribution in [-0.4, -0.2) is 29.1 Å². The smallest absolute Gasteiger partial charge is 0.306 e. The molecule has 3 atom stereocenters. The van der Waals surface area contributed by atoms with Gasteiger partial charge < -0.3 is 15.2 Å². The summed E-state index contributed by atoms with van der Waals surface area (Å²) in [5, 5.41) is 12.2. The molecule has 1 aliphatic rings. The highest BCUT2D eigenvalue weighted by Gasteiger charge is 2.31. The second-order valence-electron chi connectivity index (χ2n) is 5.24. The molecular weight excluding hydrogens is 294 g/mol. The summed E-state index contributed by atoms with van der Waals surface area (Å²) < 4.78 is 5.53. The summed E-state index contributed by atoms with van der Waals surface area (Å²) in [4.78, 5) is 23.0. The van der Waals surface area contributed by atoms with Crippen molar-refractivity contribution < 1.29 is 19.4 Å². The summed E-state index contributed by atoms with van der Waals surface area (Å²) in [6.45, 7) is 1.64. The number of benzene rings is 1. The molecule has 5 nitrogen and oxygen atoms in total. The number of halogens is 1. The van der Waals surface area contributed by atoms with E-state index in [0.29, 0.717) is 30.0 Å². The van der Waals surface area contributed by atoms with Crippen molar-refractivity contribution in [2.45, 2.75) is 38.3 Å². The summed E-state index contributed by atoms with van der Waals surface area (Å²) in [6.07, 6.45) is 1.07. The zero-order valence-corrected chi connectivity index (χ0v) is 12.5. The number of para-hydroxylation sites is 1. The van der Waals surface area contributed by atoms with Crippen LogP contribution in [0.2, 0.25) is 5.02 Å². The second-order valence-corrected chi connectivity index (χ2v) is 5.65. The third-order valence-corrected chi connectivity index (χ3v) is 3.95. The average Bonchev–Trinajstić information content (AvgIpc) is 2.90. The maximum atomic E-state index is 12.1. The Kier molecular flexibility index (Phi) is 5.07. The minimum Gasteiger partial charge on any atom is -0.481 e. The molecule has 1 fully saturated rings. The zero-order valence-electron chi connectivity index (χ0n) is 11.7. The molecule has 1 aromatic carbocycles. The number of hydrogen-bond acceptors (Lipinski definition) is 3. The van der Waals surface area contributed by atoms with Crippen LogP contribution in [0.5, 0.6) is 5.75 Å². The van der Waals surface area contributed by atoms with Gasteiger partial charge in [0.15, 0.2) is 6.10 Å². The molecule has 0 saturated heterocycles. The molecule has 0 bridgehead atoms. The molecule has 0 spiro atoms. The third kappa shape index (κ3) is 4.11. The number of ether oxygens (including phenoxy) is 1. The molecule has 2 N–H and O–H groups in total. The first kappa shape index (κ1) is 15.6. The number of nitrogens with one attached hydrogen (secondary N) is 1. The number of carbonyl (C=O) groups is 2. The minimum absolute atomic E-state index is 0.101. The molecule has 0 aliphatic heterocycles. The fraction of sp³-hybridized carbons (Fsp3) is 0.467. The number of aliphatic carboxylic acids is 1. The van der Waals surface area contributed by atoms with Gasteiger partial charge in [-0.1, -0.05) is 23.7 Å². The van der Waals surface area contributed by atoms with Crippen LogP contribution in [-0.2, 0) is 9.59 Å². The molecule has 114 valence electrons. The maximum Gasteiger partial charge on any atom is 0.306 e. The van der Waals surface area contributed by atoms with Crippen molar-refractivity contribution in [2.24, 2.45) is 5.92 Å². The first-order valence-corrected chi connectivity index (χ1v) is 7.29. The van der Waals surface area contributed by atoms with E-state index in [2.05, 4.69) is 5.32 Å². The second kappa shape index (κ2) is 6.80. The fourth-order valence-corrected chi connectivity index (χ4v) is 2.62. The SMILES string of the molecule is CC(Oc1ccccc1Cl)C(=O)NC1CCC(C(=O)O)C1. The van der Waals surface area contributed by atoms with Crippen LogP contribution >= 0.6 is 11.6 Å². The molecule has 0 radical (unpaired) electrons. The van der Waals surface area contributed by atoms with Gasteiger partial charge in [0, 0.05) is 6.04 Å². The topological polar surface area (TPSA) is 75.6 Å². The summed E-state index contributed by atoms with van der Waals surface area (Å²) in [5.41, 5.74) is 0. The summed E-state index contributed by atoms with van der Waals surface area (Å²) in [5.74, 6) is -0.968. The van der Waals surface area contributed by atoms with Crippen LogP contribution in [0.3, 0.4) is 0 Å². The van der Waals surface area contributed by atoms with Crippen LogP contribution in [0.25, 0.3) is 0 Å². The molecular formula is C15H18ClNO4. The van der Waals surface area contributed by atoms with E-state index in [9.17, 15) is 9.59 Å². The zero-order chi connectivity index (χ0) is 15.4. The largest absolute Gasteiger partial charge is 0.481 e.